The number of nitrogens with one attached hydrogen (secondary N) is 1. The summed E-state index contributed by atoms with van der Waals surface area (Å²) in [5, 5.41) is 4.47. The molecule has 9 heteroatoms. The second-order valence-corrected chi connectivity index (χ2v) is 5.22. The predicted molar refractivity (Wildman–Crippen MR) is 87.3 cm³/mol. The SMILES string of the molecule is CCOc1cccc2cc(/C(C)=N\Nc3c(F)c(F)nc(F)c3F)oc12. The summed E-state index contributed by atoms with van der Waals surface area (Å²) in [5.74, 6) is -6.08. The predicted octanol–water partition coefficient (Wildman–Crippen LogP) is 4.62. The molecule has 0 fully saturated rings. The molecule has 3 rings (SSSR count). The van der Waals surface area contributed by atoms with Crippen LogP contribution < -0.4 is 10.2 Å². The van der Waals surface area contributed by atoms with Gasteiger partial charge in [0.2, 0.25) is 11.6 Å². The first-order valence-electron chi connectivity index (χ1n) is 7.58. The third-order valence-corrected chi connectivity index (χ3v) is 3.50. The minimum Gasteiger partial charge on any atom is -0.490 e. The Labute approximate surface area is 145 Å². The zero-order chi connectivity index (χ0) is 18.8. The standard InChI is InChI=1S/C17H13F4N3O2/c1-3-25-10-6-4-5-9-7-11(26-15(9)10)8(2)23-24-14-12(18)16(20)22-17(21)13(14)19/h4-7H,3H2,1-2H3,(H,22,24)/b23-8-. The van der Waals surface area contributed by atoms with E-state index in [1.165, 1.54) is 6.92 Å². The molecule has 136 valence electrons. The van der Waals surface area contributed by atoms with Crippen molar-refractivity contribution in [2.75, 3.05) is 12.0 Å². The first-order valence-corrected chi connectivity index (χ1v) is 7.58. The van der Waals surface area contributed by atoms with Crippen LogP contribution in [0, 0.1) is 23.5 Å². The zero-order valence-corrected chi connectivity index (χ0v) is 13.7. The number of hydrazone groups is 1. The van der Waals surface area contributed by atoms with Gasteiger partial charge in [0, 0.05) is 5.39 Å². The molecule has 0 saturated heterocycles. The van der Waals surface area contributed by atoms with E-state index < -0.39 is 29.2 Å². The number of anilines is 1. The van der Waals surface area contributed by atoms with Crippen molar-refractivity contribution in [2.24, 2.45) is 5.10 Å². The van der Waals surface area contributed by atoms with Gasteiger partial charge in [-0.1, -0.05) is 12.1 Å². The van der Waals surface area contributed by atoms with Crippen molar-refractivity contribution in [3.05, 3.63) is 53.6 Å². The second-order valence-electron chi connectivity index (χ2n) is 5.22. The van der Waals surface area contributed by atoms with Crippen LogP contribution in [0.4, 0.5) is 23.2 Å². The highest BCUT2D eigenvalue weighted by atomic mass is 19.2. The van der Waals surface area contributed by atoms with E-state index in [4.69, 9.17) is 9.15 Å². The summed E-state index contributed by atoms with van der Waals surface area (Å²) < 4.78 is 64.5. The summed E-state index contributed by atoms with van der Waals surface area (Å²) in [6, 6.07) is 6.96. The van der Waals surface area contributed by atoms with E-state index in [2.05, 4.69) is 10.1 Å². The van der Waals surface area contributed by atoms with Crippen LogP contribution in [0.3, 0.4) is 0 Å². The molecule has 0 saturated carbocycles. The van der Waals surface area contributed by atoms with E-state index >= 15 is 0 Å². The number of furan rings is 1. The van der Waals surface area contributed by atoms with Gasteiger partial charge < -0.3 is 9.15 Å². The fraction of sp³-hybridized carbons (Fsp3) is 0.176. The van der Waals surface area contributed by atoms with Gasteiger partial charge in [-0.3, -0.25) is 5.43 Å². The van der Waals surface area contributed by atoms with Crippen molar-refractivity contribution in [1.82, 2.24) is 4.98 Å². The first kappa shape index (κ1) is 17.7. The molecule has 0 bridgehead atoms. The van der Waals surface area contributed by atoms with Crippen molar-refractivity contribution in [3.8, 4) is 5.75 Å². The zero-order valence-electron chi connectivity index (χ0n) is 13.7. The van der Waals surface area contributed by atoms with Gasteiger partial charge in [-0.2, -0.15) is 27.6 Å². The normalized spacial score (nSPS) is 11.8. The second kappa shape index (κ2) is 7.03. The van der Waals surface area contributed by atoms with Gasteiger partial charge in [0.05, 0.1) is 6.61 Å². The number of nitrogens with zero attached hydrogens (tertiary/aromatic N) is 2. The molecule has 1 N–H and O–H groups in total. The fourth-order valence-corrected chi connectivity index (χ4v) is 2.26. The van der Waals surface area contributed by atoms with Crippen molar-refractivity contribution in [2.45, 2.75) is 13.8 Å². The van der Waals surface area contributed by atoms with Crippen molar-refractivity contribution >= 4 is 22.4 Å². The number of fused-ring (bicyclic) bond motifs is 1. The van der Waals surface area contributed by atoms with Gasteiger partial charge in [0.15, 0.2) is 17.1 Å². The topological polar surface area (TPSA) is 59.6 Å². The molecular formula is C17H13F4N3O2. The van der Waals surface area contributed by atoms with Crippen molar-refractivity contribution < 1.29 is 26.7 Å². The van der Waals surface area contributed by atoms with Gasteiger partial charge in [-0.25, -0.2) is 0 Å². The molecule has 3 aromatic rings. The Morgan fingerprint density at radius 1 is 1.19 bits per heavy atom. The maximum Gasteiger partial charge on any atom is 0.254 e. The van der Waals surface area contributed by atoms with E-state index in [1.807, 2.05) is 12.3 Å². The van der Waals surface area contributed by atoms with Gasteiger partial charge in [0.1, 0.15) is 11.4 Å². The number of benzene rings is 1. The highest BCUT2D eigenvalue weighted by Crippen LogP contribution is 2.29. The number of hydrogen-bond acceptors (Lipinski definition) is 5. The molecule has 2 aromatic heterocycles. The largest absolute Gasteiger partial charge is 0.490 e. The van der Waals surface area contributed by atoms with Crippen LogP contribution in [0.5, 0.6) is 5.75 Å². The van der Waals surface area contributed by atoms with E-state index in [0.717, 1.165) is 5.39 Å². The molecule has 1 aromatic carbocycles. The van der Waals surface area contributed by atoms with Crippen LogP contribution >= 0.6 is 0 Å². The Bertz CT molecular complexity index is 975. The van der Waals surface area contributed by atoms with Crippen LogP contribution in [-0.2, 0) is 0 Å². The monoisotopic (exact) mass is 367 g/mol. The lowest BCUT2D eigenvalue weighted by molar-refractivity contribution is 0.338. The Hall–Kier alpha value is -3.10. The van der Waals surface area contributed by atoms with Gasteiger partial charge in [0.25, 0.3) is 11.9 Å². The average molecular weight is 367 g/mol. The molecule has 0 spiro atoms. The Morgan fingerprint density at radius 3 is 2.54 bits per heavy atom. The lowest BCUT2D eigenvalue weighted by Crippen LogP contribution is -2.07. The lowest BCUT2D eigenvalue weighted by atomic mass is 10.2. The summed E-state index contributed by atoms with van der Waals surface area (Å²) >= 11 is 0. The molecule has 0 aliphatic heterocycles. The average Bonchev–Trinajstić information content (AvgIpc) is 3.05. The van der Waals surface area contributed by atoms with Gasteiger partial charge >= 0.3 is 0 Å². The quantitative estimate of drug-likeness (QED) is 0.309. The highest BCUT2D eigenvalue weighted by molar-refractivity contribution is 6.00. The summed E-state index contributed by atoms with van der Waals surface area (Å²) in [7, 11) is 0. The summed E-state index contributed by atoms with van der Waals surface area (Å²) in [6.45, 7) is 3.77. The van der Waals surface area contributed by atoms with Crippen LogP contribution in [-0.4, -0.2) is 17.3 Å². The molecular weight excluding hydrogens is 354 g/mol. The Morgan fingerprint density at radius 2 is 1.88 bits per heavy atom. The maximum absolute atomic E-state index is 13.6. The molecule has 26 heavy (non-hydrogen) atoms. The summed E-state index contributed by atoms with van der Waals surface area (Å²) in [4.78, 5) is 2.47. The number of ether oxygens (including phenoxy) is 1. The highest BCUT2D eigenvalue weighted by Gasteiger charge is 2.20. The van der Waals surface area contributed by atoms with Crippen LogP contribution in [0.25, 0.3) is 11.0 Å². The van der Waals surface area contributed by atoms with Gasteiger partial charge in [-0.05, 0) is 26.0 Å². The lowest BCUT2D eigenvalue weighted by Gasteiger charge is -2.05. The number of hydrogen-bond donors (Lipinski definition) is 1. The number of aromatic nitrogens is 1. The maximum atomic E-state index is 13.6. The molecule has 0 unspecified atom stereocenters. The van der Waals surface area contributed by atoms with E-state index in [0.29, 0.717) is 17.9 Å². The molecule has 0 aliphatic rings. The van der Waals surface area contributed by atoms with E-state index in [9.17, 15) is 17.6 Å². The molecule has 5 nitrogen and oxygen atoms in total. The van der Waals surface area contributed by atoms with Crippen LogP contribution in [0.1, 0.15) is 19.6 Å². The molecule has 2 heterocycles. The fourth-order valence-electron chi connectivity index (χ4n) is 2.26. The molecule has 0 atom stereocenters. The van der Waals surface area contributed by atoms with Crippen molar-refractivity contribution in [1.29, 1.82) is 0 Å². The minimum atomic E-state index is -1.77. The number of rotatable bonds is 5. The van der Waals surface area contributed by atoms with E-state index in [1.54, 1.807) is 24.3 Å². The van der Waals surface area contributed by atoms with Crippen LogP contribution in [0.15, 0.2) is 33.8 Å². The summed E-state index contributed by atoms with van der Waals surface area (Å²) in [6.07, 6.45) is 0. The number of para-hydroxylation sites is 1. The number of pyridine rings is 1. The number of halogens is 4. The molecule has 0 aliphatic carbocycles. The molecule has 0 radical (unpaired) electrons. The Kier molecular flexibility index (Phi) is 4.79. The van der Waals surface area contributed by atoms with Crippen molar-refractivity contribution in [3.63, 3.8) is 0 Å². The Balaban J connectivity index is 1.94. The minimum absolute atomic E-state index is 0.195. The smallest absolute Gasteiger partial charge is 0.254 e. The summed E-state index contributed by atoms with van der Waals surface area (Å²) in [5.41, 5.74) is 1.57. The van der Waals surface area contributed by atoms with Crippen LogP contribution in [0.2, 0.25) is 0 Å². The van der Waals surface area contributed by atoms with E-state index in [-0.39, 0.29) is 11.5 Å². The first-order chi connectivity index (χ1) is 12.4. The third kappa shape index (κ3) is 3.19. The third-order valence-electron chi connectivity index (χ3n) is 3.50. The van der Waals surface area contributed by atoms with Gasteiger partial charge in [-0.15, -0.1) is 0 Å². The molecule has 0 amide bonds.